The first-order valence-electron chi connectivity index (χ1n) is 11.0. The lowest BCUT2D eigenvalue weighted by molar-refractivity contribution is -0.147. The molecule has 3 unspecified atom stereocenters. The number of nitrogens with one attached hydrogen (secondary N) is 3. The maximum Gasteiger partial charge on any atom is 0.510 e. The van der Waals surface area contributed by atoms with E-state index in [2.05, 4.69) is 10.6 Å². The minimum atomic E-state index is -4.56. The number of urea groups is 1. The molecule has 1 saturated heterocycles. The van der Waals surface area contributed by atoms with E-state index in [0.717, 1.165) is 0 Å². The Hall–Kier alpha value is -3.79. The highest BCUT2D eigenvalue weighted by Gasteiger charge is 2.53. The van der Waals surface area contributed by atoms with Gasteiger partial charge in [0, 0.05) is 10.7 Å². The van der Waals surface area contributed by atoms with Gasteiger partial charge in [0.05, 0.1) is 0 Å². The van der Waals surface area contributed by atoms with Crippen LogP contribution in [0.5, 0.6) is 0 Å². The Balaban J connectivity index is 1.98. The van der Waals surface area contributed by atoms with Crippen molar-refractivity contribution in [1.82, 2.24) is 20.3 Å². The topological polar surface area (TPSA) is 196 Å². The van der Waals surface area contributed by atoms with Crippen LogP contribution in [0.25, 0.3) is 0 Å². The summed E-state index contributed by atoms with van der Waals surface area (Å²) in [5.74, 6) is -1.03. The second-order valence-electron chi connectivity index (χ2n) is 8.77. The monoisotopic (exact) mass is 578 g/mol. The lowest BCUT2D eigenvalue weighted by Gasteiger charge is -2.44. The molecule has 0 spiro atoms. The van der Waals surface area contributed by atoms with Gasteiger partial charge < -0.3 is 24.3 Å². The van der Waals surface area contributed by atoms with E-state index in [1.165, 1.54) is 11.6 Å². The molecule has 1 aromatic rings. The van der Waals surface area contributed by atoms with Gasteiger partial charge in [0.15, 0.2) is 6.23 Å². The van der Waals surface area contributed by atoms with Crippen molar-refractivity contribution in [2.24, 2.45) is 0 Å². The Morgan fingerprint density at radius 3 is 2.29 bits per heavy atom. The fraction of sp³-hybridized carbons (Fsp3) is 0.476. The smallest absolute Gasteiger partial charge is 0.445 e. The van der Waals surface area contributed by atoms with Crippen LogP contribution in [0.3, 0.4) is 0 Å². The summed E-state index contributed by atoms with van der Waals surface area (Å²) in [4.78, 5) is 61.1. The Bertz CT molecular complexity index is 1160. The number of imide groups is 1. The predicted molar refractivity (Wildman–Crippen MR) is 129 cm³/mol. The molecule has 1 aliphatic rings. The third-order valence-corrected chi connectivity index (χ3v) is 5.15. The van der Waals surface area contributed by atoms with Gasteiger partial charge in [0.2, 0.25) is 0 Å². The number of amides is 5. The molecule has 5 amide bonds. The number of carbonyl (C=O) groups excluding carboxylic acids is 5. The molecule has 0 aromatic heterocycles. The summed E-state index contributed by atoms with van der Waals surface area (Å²) in [6, 6.07) is 4.39. The first-order valence-corrected chi connectivity index (χ1v) is 13.3. The van der Waals surface area contributed by atoms with E-state index in [1.54, 1.807) is 51.1 Å². The SMILES string of the molecule is CC(NC(=O)OC(C)(C)C)OC(=O)OCC1C(NC(=O)OCc2ccccc2)C(=O)N1C(=O)NS(=O)(=O)Cl. The molecule has 3 N–H and O–H groups in total. The van der Waals surface area contributed by atoms with Crippen LogP contribution in [0.1, 0.15) is 33.3 Å². The molecule has 210 valence electrons. The van der Waals surface area contributed by atoms with Crippen molar-refractivity contribution in [2.75, 3.05) is 6.61 Å². The maximum atomic E-state index is 12.5. The molecular weight excluding hydrogens is 552 g/mol. The fourth-order valence-corrected chi connectivity index (χ4v) is 3.51. The molecule has 1 aromatic carbocycles. The molecule has 1 heterocycles. The van der Waals surface area contributed by atoms with E-state index in [1.807, 2.05) is 0 Å². The quantitative estimate of drug-likeness (QED) is 0.133. The van der Waals surface area contributed by atoms with E-state index < -0.39 is 70.0 Å². The Morgan fingerprint density at radius 2 is 1.71 bits per heavy atom. The third kappa shape index (κ3) is 9.93. The minimum absolute atomic E-state index is 0.127. The molecule has 2 rings (SSSR count). The summed E-state index contributed by atoms with van der Waals surface area (Å²) in [7, 11) is 0.437. The molecule has 1 fully saturated rings. The molecule has 38 heavy (non-hydrogen) atoms. The first kappa shape index (κ1) is 30.4. The largest absolute Gasteiger partial charge is 0.510 e. The van der Waals surface area contributed by atoms with Crippen LogP contribution in [0.2, 0.25) is 0 Å². The van der Waals surface area contributed by atoms with E-state index in [9.17, 15) is 32.4 Å². The average Bonchev–Trinajstić information content (AvgIpc) is 2.76. The minimum Gasteiger partial charge on any atom is -0.445 e. The molecule has 0 bridgehead atoms. The Morgan fingerprint density at radius 1 is 1.08 bits per heavy atom. The van der Waals surface area contributed by atoms with Crippen LogP contribution in [0.15, 0.2) is 30.3 Å². The number of benzene rings is 1. The van der Waals surface area contributed by atoms with E-state index >= 15 is 0 Å². The molecule has 15 nitrogen and oxygen atoms in total. The Kier molecular flexibility index (Phi) is 10.1. The summed E-state index contributed by atoms with van der Waals surface area (Å²) in [5, 5.41) is 4.46. The Labute approximate surface area is 222 Å². The number of halogens is 1. The van der Waals surface area contributed by atoms with Crippen LogP contribution in [-0.4, -0.2) is 74.1 Å². The van der Waals surface area contributed by atoms with Crippen LogP contribution >= 0.6 is 10.7 Å². The highest BCUT2D eigenvalue weighted by Crippen LogP contribution is 2.22. The van der Waals surface area contributed by atoms with Crippen molar-refractivity contribution >= 4 is 50.2 Å². The van der Waals surface area contributed by atoms with E-state index in [4.69, 9.17) is 29.6 Å². The summed E-state index contributed by atoms with van der Waals surface area (Å²) in [5.41, 5.74) is -0.140. The lowest BCUT2D eigenvalue weighted by atomic mass is 9.96. The molecule has 17 heteroatoms. The number of carbonyl (C=O) groups is 5. The predicted octanol–water partition coefficient (Wildman–Crippen LogP) is 1.71. The van der Waals surface area contributed by atoms with Gasteiger partial charge in [0.25, 0.3) is 5.91 Å². The molecule has 0 aliphatic carbocycles. The standard InChI is InChI=1S/C21H27ClN4O11S/c1-12(23-19(30)37-21(2,3)4)36-20(31)35-11-14-15(16(27)26(14)17(28)25-38(22,32)33)24-18(29)34-10-13-8-6-5-7-9-13/h5-9,12,14-15H,10-11H2,1-4H3,(H,23,30)(H,24,29)(H,25,28). The van der Waals surface area contributed by atoms with Crippen molar-refractivity contribution in [2.45, 2.75) is 58.2 Å². The molecule has 1 aliphatic heterocycles. The normalized spacial score (nSPS) is 17.8. The van der Waals surface area contributed by atoms with Gasteiger partial charge >= 0.3 is 33.6 Å². The van der Waals surface area contributed by atoms with Crippen LogP contribution in [0.4, 0.5) is 19.2 Å². The van der Waals surface area contributed by atoms with Crippen molar-refractivity contribution in [3.05, 3.63) is 35.9 Å². The number of β-lactam (4-membered cyclic amide) rings is 1. The van der Waals surface area contributed by atoms with Gasteiger partial charge in [-0.2, -0.15) is 8.42 Å². The van der Waals surface area contributed by atoms with E-state index in [-0.39, 0.29) is 6.61 Å². The van der Waals surface area contributed by atoms with Crippen molar-refractivity contribution < 1.29 is 51.3 Å². The molecule has 0 radical (unpaired) electrons. The van der Waals surface area contributed by atoms with Gasteiger partial charge in [-0.15, -0.1) is 0 Å². The number of ether oxygens (including phenoxy) is 4. The van der Waals surface area contributed by atoms with Crippen molar-refractivity contribution in [3.8, 4) is 0 Å². The fourth-order valence-electron chi connectivity index (χ4n) is 3.00. The summed E-state index contributed by atoms with van der Waals surface area (Å²) < 4.78 is 43.6. The second-order valence-corrected chi connectivity index (χ2v) is 11.1. The first-order chi connectivity index (χ1) is 17.6. The number of rotatable bonds is 8. The highest BCUT2D eigenvalue weighted by molar-refractivity contribution is 8.12. The summed E-state index contributed by atoms with van der Waals surface area (Å²) >= 11 is 0. The van der Waals surface area contributed by atoms with Gasteiger partial charge in [-0.25, -0.2) is 23.9 Å². The van der Waals surface area contributed by atoms with Gasteiger partial charge in [-0.1, -0.05) is 30.3 Å². The zero-order valence-corrected chi connectivity index (χ0v) is 22.3. The summed E-state index contributed by atoms with van der Waals surface area (Å²) in [6.07, 6.45) is -4.41. The van der Waals surface area contributed by atoms with Crippen molar-refractivity contribution in [1.29, 1.82) is 0 Å². The number of hydrogen-bond donors (Lipinski definition) is 3. The van der Waals surface area contributed by atoms with Gasteiger partial charge in [0.1, 0.15) is 30.9 Å². The second kappa shape index (κ2) is 12.6. The van der Waals surface area contributed by atoms with Crippen LogP contribution in [-0.2, 0) is 39.6 Å². The lowest BCUT2D eigenvalue weighted by Crippen LogP contribution is -2.74. The highest BCUT2D eigenvalue weighted by atomic mass is 35.7. The van der Waals surface area contributed by atoms with Gasteiger partial charge in [-0.3, -0.25) is 15.0 Å². The number of hydrogen-bond acceptors (Lipinski definition) is 11. The molecular formula is C21H27ClN4O11S. The zero-order valence-electron chi connectivity index (χ0n) is 20.8. The molecule has 3 atom stereocenters. The van der Waals surface area contributed by atoms with Crippen LogP contribution in [0, 0.1) is 0 Å². The number of likely N-dealkylation sites (tertiary alicyclic amines) is 1. The summed E-state index contributed by atoms with van der Waals surface area (Å²) in [6.45, 7) is 5.35. The van der Waals surface area contributed by atoms with E-state index in [0.29, 0.717) is 10.5 Å². The van der Waals surface area contributed by atoms with Gasteiger partial charge in [-0.05, 0) is 33.3 Å². The maximum absolute atomic E-state index is 12.5. The average molecular weight is 579 g/mol. The number of alkyl carbamates (subject to hydrolysis) is 2. The number of nitrogens with zero attached hydrogens (tertiary/aromatic N) is 1. The van der Waals surface area contributed by atoms with Crippen LogP contribution < -0.4 is 15.4 Å². The molecule has 0 saturated carbocycles. The third-order valence-electron chi connectivity index (χ3n) is 4.50. The van der Waals surface area contributed by atoms with Crippen molar-refractivity contribution in [3.63, 3.8) is 0 Å². The zero-order chi connectivity index (χ0) is 28.7.